The molecular weight excluding hydrogens is 274 g/mol. The highest BCUT2D eigenvalue weighted by molar-refractivity contribution is 5.97. The summed E-state index contributed by atoms with van der Waals surface area (Å²) in [6.45, 7) is 3.49. The van der Waals surface area contributed by atoms with Crippen molar-refractivity contribution in [1.29, 1.82) is 0 Å². The first kappa shape index (κ1) is 13.1. The number of aromatic nitrogens is 2. The highest BCUT2D eigenvalue weighted by atomic mass is 16.2. The zero-order chi connectivity index (χ0) is 15.1. The third-order valence-electron chi connectivity index (χ3n) is 4.37. The van der Waals surface area contributed by atoms with Crippen molar-refractivity contribution < 1.29 is 4.79 Å². The summed E-state index contributed by atoms with van der Waals surface area (Å²) >= 11 is 0. The highest BCUT2D eigenvalue weighted by Crippen LogP contribution is 2.24. The van der Waals surface area contributed by atoms with E-state index < -0.39 is 0 Å². The van der Waals surface area contributed by atoms with Gasteiger partial charge in [-0.05, 0) is 36.6 Å². The summed E-state index contributed by atoms with van der Waals surface area (Å²) < 4.78 is 2.21. The number of benzene rings is 1. The number of amides is 1. The van der Waals surface area contributed by atoms with Crippen LogP contribution in [0.2, 0.25) is 0 Å². The minimum Gasteiger partial charge on any atom is -0.345 e. The van der Waals surface area contributed by atoms with Gasteiger partial charge in [0.05, 0.1) is 17.8 Å². The molecule has 0 aliphatic carbocycles. The number of hydrogen-bond donors (Lipinski definition) is 0. The second-order valence-corrected chi connectivity index (χ2v) is 5.81. The van der Waals surface area contributed by atoms with Crippen molar-refractivity contribution in [3.8, 4) is 0 Å². The Kier molecular flexibility index (Phi) is 2.96. The van der Waals surface area contributed by atoms with Crippen LogP contribution in [0, 0.1) is 0 Å². The summed E-state index contributed by atoms with van der Waals surface area (Å²) in [4.78, 5) is 18.7. The van der Waals surface area contributed by atoms with Crippen LogP contribution in [0.5, 0.6) is 0 Å². The van der Waals surface area contributed by atoms with Crippen LogP contribution in [0.3, 0.4) is 0 Å². The zero-order valence-electron chi connectivity index (χ0n) is 12.4. The lowest BCUT2D eigenvalue weighted by Gasteiger charge is -2.24. The van der Waals surface area contributed by atoms with E-state index in [1.807, 2.05) is 29.2 Å². The van der Waals surface area contributed by atoms with Gasteiger partial charge in [0.1, 0.15) is 0 Å². The Bertz CT molecular complexity index is 852. The third-order valence-corrected chi connectivity index (χ3v) is 4.37. The molecule has 0 radical (unpaired) electrons. The molecule has 0 saturated heterocycles. The van der Waals surface area contributed by atoms with Crippen molar-refractivity contribution in [3.63, 3.8) is 0 Å². The van der Waals surface area contributed by atoms with Gasteiger partial charge in [0.25, 0.3) is 5.91 Å². The van der Waals surface area contributed by atoms with Crippen molar-refractivity contribution in [3.05, 3.63) is 66.1 Å². The lowest BCUT2D eigenvalue weighted by molar-refractivity contribution is 0.0702. The Morgan fingerprint density at radius 2 is 2.05 bits per heavy atom. The standard InChI is InChI=1S/C18H17N3O/c1-13(11-20-10-8-14-5-2-3-7-17(14)20)21-12-16-15(18(21)22)6-4-9-19-16/h2-10,13H,11-12H2,1H3/t13-/m0/s1. The lowest BCUT2D eigenvalue weighted by Crippen LogP contribution is -2.36. The minimum absolute atomic E-state index is 0.0899. The quantitative estimate of drug-likeness (QED) is 0.744. The maximum absolute atomic E-state index is 12.5. The Morgan fingerprint density at radius 1 is 1.18 bits per heavy atom. The third kappa shape index (κ3) is 1.99. The maximum atomic E-state index is 12.5. The predicted molar refractivity (Wildman–Crippen MR) is 85.5 cm³/mol. The Labute approximate surface area is 129 Å². The van der Waals surface area contributed by atoms with Gasteiger partial charge in [-0.15, -0.1) is 0 Å². The SMILES string of the molecule is C[C@@H](Cn1ccc2ccccc21)N1Cc2ncccc2C1=O. The molecule has 0 fully saturated rings. The number of fused-ring (bicyclic) bond motifs is 2. The van der Waals surface area contributed by atoms with E-state index in [9.17, 15) is 4.79 Å². The van der Waals surface area contributed by atoms with Crippen molar-refractivity contribution in [2.45, 2.75) is 26.1 Å². The Morgan fingerprint density at radius 3 is 2.91 bits per heavy atom. The number of nitrogens with zero attached hydrogens (tertiary/aromatic N) is 3. The predicted octanol–water partition coefficient (Wildman–Crippen LogP) is 3.08. The molecule has 1 aliphatic heterocycles. The van der Waals surface area contributed by atoms with Crippen molar-refractivity contribution in [2.24, 2.45) is 0 Å². The van der Waals surface area contributed by atoms with Gasteiger partial charge in [0.2, 0.25) is 0 Å². The molecule has 0 bridgehead atoms. The van der Waals surface area contributed by atoms with Crippen molar-refractivity contribution in [2.75, 3.05) is 0 Å². The molecule has 1 aliphatic rings. The van der Waals surface area contributed by atoms with E-state index in [1.165, 1.54) is 10.9 Å². The van der Waals surface area contributed by atoms with Crippen molar-refractivity contribution in [1.82, 2.24) is 14.5 Å². The summed E-state index contributed by atoms with van der Waals surface area (Å²) in [5.74, 6) is 0.0899. The molecule has 2 aromatic heterocycles. The van der Waals surface area contributed by atoms with Crippen LogP contribution in [0.4, 0.5) is 0 Å². The molecule has 0 saturated carbocycles. The van der Waals surface area contributed by atoms with Crippen LogP contribution in [0.25, 0.3) is 10.9 Å². The van der Waals surface area contributed by atoms with E-state index >= 15 is 0 Å². The molecule has 110 valence electrons. The van der Waals surface area contributed by atoms with Crippen LogP contribution >= 0.6 is 0 Å². The number of rotatable bonds is 3. The average molecular weight is 291 g/mol. The first-order valence-electron chi connectivity index (χ1n) is 7.53. The van der Waals surface area contributed by atoms with Gasteiger partial charge in [-0.25, -0.2) is 0 Å². The molecule has 22 heavy (non-hydrogen) atoms. The van der Waals surface area contributed by atoms with Gasteiger partial charge in [0, 0.05) is 30.5 Å². The molecule has 0 unspecified atom stereocenters. The van der Waals surface area contributed by atoms with E-state index in [1.54, 1.807) is 6.20 Å². The van der Waals surface area contributed by atoms with Crippen LogP contribution in [-0.4, -0.2) is 26.4 Å². The van der Waals surface area contributed by atoms with Gasteiger partial charge in [0.15, 0.2) is 0 Å². The molecule has 1 amide bonds. The first-order valence-corrected chi connectivity index (χ1v) is 7.53. The second kappa shape index (κ2) is 4.98. The van der Waals surface area contributed by atoms with Gasteiger partial charge >= 0.3 is 0 Å². The fourth-order valence-electron chi connectivity index (χ4n) is 3.19. The minimum atomic E-state index is 0.0899. The Balaban J connectivity index is 1.59. The zero-order valence-corrected chi connectivity index (χ0v) is 12.4. The van der Waals surface area contributed by atoms with Gasteiger partial charge in [-0.3, -0.25) is 9.78 Å². The fraction of sp³-hybridized carbons (Fsp3) is 0.222. The van der Waals surface area contributed by atoms with Crippen LogP contribution in [0.15, 0.2) is 54.9 Å². The highest BCUT2D eigenvalue weighted by Gasteiger charge is 2.31. The number of hydrogen-bond acceptors (Lipinski definition) is 2. The number of pyridine rings is 1. The summed E-state index contributed by atoms with van der Waals surface area (Å²) in [6.07, 6.45) is 3.84. The summed E-state index contributed by atoms with van der Waals surface area (Å²) in [5, 5.41) is 1.23. The molecule has 3 heterocycles. The molecular formula is C18H17N3O. The van der Waals surface area contributed by atoms with E-state index in [4.69, 9.17) is 0 Å². The van der Waals surface area contributed by atoms with E-state index in [-0.39, 0.29) is 11.9 Å². The summed E-state index contributed by atoms with van der Waals surface area (Å²) in [6, 6.07) is 14.2. The molecule has 1 atom stereocenters. The van der Waals surface area contributed by atoms with Gasteiger partial charge in [-0.1, -0.05) is 18.2 Å². The normalized spacial score (nSPS) is 15.3. The van der Waals surface area contributed by atoms with Gasteiger partial charge < -0.3 is 9.47 Å². The monoisotopic (exact) mass is 291 g/mol. The lowest BCUT2D eigenvalue weighted by atomic mass is 10.2. The summed E-state index contributed by atoms with van der Waals surface area (Å²) in [5.41, 5.74) is 2.83. The topological polar surface area (TPSA) is 38.1 Å². The Hall–Kier alpha value is -2.62. The molecule has 1 aromatic carbocycles. The number of para-hydroxylation sites is 1. The smallest absolute Gasteiger partial charge is 0.256 e. The van der Waals surface area contributed by atoms with Crippen LogP contribution in [-0.2, 0) is 13.1 Å². The number of carbonyl (C=O) groups is 1. The van der Waals surface area contributed by atoms with Gasteiger partial charge in [-0.2, -0.15) is 0 Å². The van der Waals surface area contributed by atoms with E-state index in [0.717, 1.165) is 17.8 Å². The molecule has 4 rings (SSSR count). The van der Waals surface area contributed by atoms with E-state index in [2.05, 4.69) is 40.9 Å². The molecule has 0 N–H and O–H groups in total. The number of carbonyl (C=O) groups excluding carboxylic acids is 1. The second-order valence-electron chi connectivity index (χ2n) is 5.81. The molecule has 4 heteroatoms. The molecule has 4 nitrogen and oxygen atoms in total. The molecule has 3 aromatic rings. The van der Waals surface area contributed by atoms with Crippen molar-refractivity contribution >= 4 is 16.8 Å². The largest absolute Gasteiger partial charge is 0.345 e. The van der Waals surface area contributed by atoms with Crippen LogP contribution < -0.4 is 0 Å². The first-order chi connectivity index (χ1) is 10.7. The van der Waals surface area contributed by atoms with E-state index in [0.29, 0.717) is 6.54 Å². The molecule has 0 spiro atoms. The fourth-order valence-corrected chi connectivity index (χ4v) is 3.19. The van der Waals surface area contributed by atoms with Crippen LogP contribution in [0.1, 0.15) is 23.0 Å². The maximum Gasteiger partial charge on any atom is 0.256 e. The average Bonchev–Trinajstić information content (AvgIpc) is 3.10. The summed E-state index contributed by atoms with van der Waals surface area (Å²) in [7, 11) is 0.